The molecule has 0 aliphatic heterocycles. The molecule has 0 aliphatic rings. The normalized spacial score (nSPS) is 13.8. The third-order valence-corrected chi connectivity index (χ3v) is 3.45. The van der Waals surface area contributed by atoms with Crippen molar-refractivity contribution in [2.24, 2.45) is 5.73 Å². The first-order valence-corrected chi connectivity index (χ1v) is 8.04. The van der Waals surface area contributed by atoms with Gasteiger partial charge in [0.1, 0.15) is 12.1 Å². The topological polar surface area (TPSA) is 208 Å². The molecule has 0 radical (unpaired) electrons. The molecule has 0 saturated carbocycles. The van der Waals surface area contributed by atoms with E-state index in [4.69, 9.17) is 21.1 Å². The highest BCUT2D eigenvalue weighted by molar-refractivity contribution is 7.80. The summed E-state index contributed by atoms with van der Waals surface area (Å²) in [6, 6.07) is -3.78. The van der Waals surface area contributed by atoms with E-state index in [9.17, 15) is 24.0 Å². The molecule has 0 aromatic carbocycles. The van der Waals surface area contributed by atoms with Gasteiger partial charge >= 0.3 is 11.9 Å². The van der Waals surface area contributed by atoms with E-state index in [1.807, 2.05) is 0 Å². The molecule has 3 atom stereocenters. The average Bonchev–Trinajstić information content (AvgIpc) is 2.59. The molecular formula is C13H22N4O8S. The number of hydrogen-bond acceptors (Lipinski definition) is 8. The fourth-order valence-corrected chi connectivity index (χ4v) is 1.78. The predicted octanol–water partition coefficient (Wildman–Crippen LogP) is -3.73. The fourth-order valence-electron chi connectivity index (χ4n) is 1.62. The molecule has 0 aliphatic carbocycles. The second-order valence-electron chi connectivity index (χ2n) is 5.14. The van der Waals surface area contributed by atoms with Crippen LogP contribution in [0, 0.1) is 0 Å². The van der Waals surface area contributed by atoms with E-state index < -0.39 is 67.4 Å². The van der Waals surface area contributed by atoms with E-state index >= 15 is 0 Å². The van der Waals surface area contributed by atoms with Crippen molar-refractivity contribution in [2.45, 2.75) is 31.0 Å². The van der Waals surface area contributed by atoms with Gasteiger partial charge in [-0.15, -0.1) is 0 Å². The number of carbonyl (C=O) groups excluding carboxylic acids is 3. The van der Waals surface area contributed by atoms with Crippen LogP contribution in [0.15, 0.2) is 0 Å². The van der Waals surface area contributed by atoms with Gasteiger partial charge < -0.3 is 37.0 Å². The molecule has 0 saturated heterocycles. The van der Waals surface area contributed by atoms with Crippen LogP contribution in [-0.2, 0) is 24.0 Å². The molecule has 0 bridgehead atoms. The summed E-state index contributed by atoms with van der Waals surface area (Å²) >= 11 is 3.82. The number of amides is 3. The summed E-state index contributed by atoms with van der Waals surface area (Å²) in [5.74, 6) is -5.13. The number of nitrogens with two attached hydrogens (primary N) is 1. The van der Waals surface area contributed by atoms with Crippen LogP contribution in [0.3, 0.4) is 0 Å². The summed E-state index contributed by atoms with van der Waals surface area (Å²) < 4.78 is 0. The Kier molecular flexibility index (Phi) is 10.9. The third-order valence-electron chi connectivity index (χ3n) is 3.05. The maximum absolute atomic E-state index is 11.8. The Morgan fingerprint density at radius 1 is 1.00 bits per heavy atom. The molecule has 0 heterocycles. The number of carboxylic acid groups (broad SMARTS) is 2. The number of rotatable bonds is 12. The lowest BCUT2D eigenvalue weighted by molar-refractivity contribution is -0.143. The van der Waals surface area contributed by atoms with Gasteiger partial charge in [-0.1, -0.05) is 0 Å². The van der Waals surface area contributed by atoms with Crippen LogP contribution >= 0.6 is 12.6 Å². The largest absolute Gasteiger partial charge is 0.481 e. The summed E-state index contributed by atoms with van der Waals surface area (Å²) in [5, 5.41) is 32.9. The lowest BCUT2D eigenvalue weighted by Gasteiger charge is -2.18. The summed E-state index contributed by atoms with van der Waals surface area (Å²) in [6.07, 6.45) is -0.797. The number of nitrogens with one attached hydrogen (secondary N) is 3. The summed E-state index contributed by atoms with van der Waals surface area (Å²) in [5.41, 5.74) is 5.41. The minimum Gasteiger partial charge on any atom is -0.481 e. The first-order valence-electron chi connectivity index (χ1n) is 7.41. The Labute approximate surface area is 153 Å². The van der Waals surface area contributed by atoms with Crippen molar-refractivity contribution in [1.82, 2.24) is 16.0 Å². The maximum atomic E-state index is 11.8. The van der Waals surface area contributed by atoms with Crippen LogP contribution in [0.5, 0.6) is 0 Å². The fraction of sp³-hybridized carbons (Fsp3) is 0.615. The minimum absolute atomic E-state index is 0.0148. The molecule has 0 aromatic heterocycles. The Morgan fingerprint density at radius 3 is 2.08 bits per heavy atom. The summed E-state index contributed by atoms with van der Waals surface area (Å²) in [6.45, 7) is -1.39. The Morgan fingerprint density at radius 2 is 1.62 bits per heavy atom. The van der Waals surface area contributed by atoms with Crippen molar-refractivity contribution in [3.63, 3.8) is 0 Å². The van der Waals surface area contributed by atoms with Crippen molar-refractivity contribution < 1.29 is 39.3 Å². The molecule has 148 valence electrons. The third kappa shape index (κ3) is 9.19. The zero-order chi connectivity index (χ0) is 20.3. The van der Waals surface area contributed by atoms with E-state index in [0.29, 0.717) is 0 Å². The number of aliphatic hydroxyl groups excluding tert-OH is 1. The Hall–Kier alpha value is -2.38. The molecule has 26 heavy (non-hydrogen) atoms. The highest BCUT2D eigenvalue weighted by Gasteiger charge is 2.24. The average molecular weight is 394 g/mol. The molecule has 3 amide bonds. The van der Waals surface area contributed by atoms with Gasteiger partial charge in [-0.05, 0) is 6.42 Å². The number of aliphatic carboxylic acids is 2. The van der Waals surface area contributed by atoms with Crippen LogP contribution in [0.2, 0.25) is 0 Å². The van der Waals surface area contributed by atoms with Crippen LogP contribution in [-0.4, -0.2) is 82.0 Å². The monoisotopic (exact) mass is 394 g/mol. The van der Waals surface area contributed by atoms with Gasteiger partial charge in [-0.25, -0.2) is 4.79 Å². The predicted molar refractivity (Wildman–Crippen MR) is 90.3 cm³/mol. The zero-order valence-electron chi connectivity index (χ0n) is 13.7. The number of carboxylic acids is 2. The first-order chi connectivity index (χ1) is 12.1. The number of carbonyl (C=O) groups is 5. The number of aliphatic hydroxyl groups is 1. The van der Waals surface area contributed by atoms with Crippen molar-refractivity contribution in [1.29, 1.82) is 0 Å². The van der Waals surface area contributed by atoms with Gasteiger partial charge in [-0.2, -0.15) is 12.6 Å². The van der Waals surface area contributed by atoms with Gasteiger partial charge in [0.25, 0.3) is 0 Å². The molecular weight excluding hydrogens is 372 g/mol. The second-order valence-corrected chi connectivity index (χ2v) is 5.51. The number of thiol groups is 1. The second kappa shape index (κ2) is 12.1. The van der Waals surface area contributed by atoms with Crippen molar-refractivity contribution in [3.05, 3.63) is 0 Å². The van der Waals surface area contributed by atoms with Crippen molar-refractivity contribution in [2.75, 3.05) is 18.9 Å². The Balaban J connectivity index is 4.52. The highest BCUT2D eigenvalue weighted by Crippen LogP contribution is 1.98. The van der Waals surface area contributed by atoms with Crippen LogP contribution in [0.4, 0.5) is 0 Å². The van der Waals surface area contributed by atoms with Gasteiger partial charge in [-0.3, -0.25) is 19.2 Å². The lowest BCUT2D eigenvalue weighted by atomic mass is 10.1. The van der Waals surface area contributed by atoms with Gasteiger partial charge in [0.05, 0.1) is 19.2 Å². The zero-order valence-corrected chi connectivity index (χ0v) is 14.6. The summed E-state index contributed by atoms with van der Waals surface area (Å²) in [7, 11) is 0. The van der Waals surface area contributed by atoms with E-state index in [0.717, 1.165) is 0 Å². The van der Waals surface area contributed by atoms with E-state index in [2.05, 4.69) is 28.6 Å². The van der Waals surface area contributed by atoms with E-state index in [1.54, 1.807) is 0 Å². The number of hydrogen-bond donors (Lipinski definition) is 8. The van der Waals surface area contributed by atoms with Crippen molar-refractivity contribution >= 4 is 42.3 Å². The lowest BCUT2D eigenvalue weighted by Crippen LogP contribution is -2.55. The van der Waals surface area contributed by atoms with Gasteiger partial charge in [0, 0.05) is 12.2 Å². The van der Waals surface area contributed by atoms with E-state index in [-0.39, 0.29) is 12.2 Å². The molecule has 0 spiro atoms. The maximum Gasteiger partial charge on any atom is 0.326 e. The van der Waals surface area contributed by atoms with E-state index in [1.165, 1.54) is 0 Å². The molecule has 0 fully saturated rings. The van der Waals surface area contributed by atoms with Crippen LogP contribution in [0.25, 0.3) is 0 Å². The quantitative estimate of drug-likeness (QED) is 0.153. The molecule has 13 heteroatoms. The Bertz CT molecular complexity index is 544. The van der Waals surface area contributed by atoms with Crippen molar-refractivity contribution in [3.8, 4) is 0 Å². The van der Waals surface area contributed by atoms with Crippen LogP contribution < -0.4 is 21.7 Å². The molecule has 0 aromatic rings. The molecule has 0 rings (SSSR count). The summed E-state index contributed by atoms with van der Waals surface area (Å²) in [4.78, 5) is 56.5. The standard InChI is InChI=1S/C13H22N4O8S/c14-6(5-26)11(22)17-8(4-18)12(23)15-3-9(19)16-7(13(24)25)1-2-10(20)21/h6-8,18,26H,1-5,14H2,(H,15,23)(H,16,19)(H,17,22)(H,20,21)(H,24,25). The highest BCUT2D eigenvalue weighted by atomic mass is 32.1. The SMILES string of the molecule is NC(CS)C(=O)NC(CO)C(=O)NCC(=O)NC(CCC(=O)O)C(=O)O. The van der Waals surface area contributed by atoms with Crippen LogP contribution in [0.1, 0.15) is 12.8 Å². The smallest absolute Gasteiger partial charge is 0.326 e. The van der Waals surface area contributed by atoms with Gasteiger partial charge in [0.2, 0.25) is 17.7 Å². The molecule has 12 nitrogen and oxygen atoms in total. The molecule has 8 N–H and O–H groups in total. The molecule has 3 unspecified atom stereocenters. The van der Waals surface area contributed by atoms with Gasteiger partial charge in [0.15, 0.2) is 0 Å². The minimum atomic E-state index is -1.43. The first kappa shape index (κ1) is 23.6.